The monoisotopic (exact) mass is 442 g/mol. The van der Waals surface area contributed by atoms with Gasteiger partial charge in [0, 0.05) is 18.4 Å². The lowest BCUT2D eigenvalue weighted by atomic mass is 10.1. The van der Waals surface area contributed by atoms with Crippen LogP contribution < -0.4 is 15.4 Å². The van der Waals surface area contributed by atoms with E-state index in [1.807, 2.05) is 72.8 Å². The van der Waals surface area contributed by atoms with E-state index in [2.05, 4.69) is 10.6 Å². The number of nitrogens with one attached hydrogen (secondary N) is 2. The number of methoxy groups -OCH3 is 1. The van der Waals surface area contributed by atoms with E-state index in [0.29, 0.717) is 12.3 Å². The molecule has 6 heteroatoms. The molecule has 1 aromatic heterocycles. The summed E-state index contributed by atoms with van der Waals surface area (Å²) in [7, 11) is 1.60. The van der Waals surface area contributed by atoms with Crippen LogP contribution in [0.5, 0.6) is 5.75 Å². The molecule has 4 rings (SSSR count). The van der Waals surface area contributed by atoms with Gasteiger partial charge in [0.2, 0.25) is 11.8 Å². The fourth-order valence-electron chi connectivity index (χ4n) is 3.63. The lowest BCUT2D eigenvalue weighted by Gasteiger charge is -2.18. The summed E-state index contributed by atoms with van der Waals surface area (Å²) in [6.45, 7) is 0.380. The van der Waals surface area contributed by atoms with Crippen molar-refractivity contribution in [1.29, 1.82) is 0 Å². The molecule has 0 aliphatic rings. The van der Waals surface area contributed by atoms with Gasteiger partial charge in [-0.05, 0) is 35.4 Å². The minimum atomic E-state index is -0.764. The highest BCUT2D eigenvalue weighted by Crippen LogP contribution is 2.20. The van der Waals surface area contributed by atoms with Crippen LogP contribution in [0.25, 0.3) is 11.0 Å². The Balaban J connectivity index is 1.46. The van der Waals surface area contributed by atoms with Crippen LogP contribution in [0.1, 0.15) is 16.9 Å². The Morgan fingerprint density at radius 2 is 1.64 bits per heavy atom. The number of rotatable bonds is 9. The van der Waals surface area contributed by atoms with Crippen LogP contribution in [0, 0.1) is 0 Å². The number of hydrogen-bond acceptors (Lipinski definition) is 4. The summed E-state index contributed by atoms with van der Waals surface area (Å²) in [5, 5.41) is 6.77. The average molecular weight is 443 g/mol. The van der Waals surface area contributed by atoms with Gasteiger partial charge in [0.05, 0.1) is 13.5 Å². The quantitative estimate of drug-likeness (QED) is 0.410. The lowest BCUT2D eigenvalue weighted by Crippen LogP contribution is -2.48. The number of carbonyl (C=O) groups excluding carboxylic acids is 2. The SMILES string of the molecule is COc1ccc(CC(=O)N[C@@H](Cc2cc3ccccc3o2)C(=O)NCc2ccccc2)cc1. The van der Waals surface area contributed by atoms with E-state index in [9.17, 15) is 9.59 Å². The molecule has 0 fully saturated rings. The molecule has 0 bridgehead atoms. The molecule has 6 nitrogen and oxygen atoms in total. The topological polar surface area (TPSA) is 80.6 Å². The maximum absolute atomic E-state index is 13.0. The van der Waals surface area contributed by atoms with Gasteiger partial charge in [-0.3, -0.25) is 9.59 Å². The van der Waals surface area contributed by atoms with E-state index in [4.69, 9.17) is 9.15 Å². The molecule has 2 N–H and O–H groups in total. The summed E-state index contributed by atoms with van der Waals surface area (Å²) >= 11 is 0. The normalized spacial score (nSPS) is 11.7. The molecule has 0 radical (unpaired) electrons. The number of ether oxygens (including phenoxy) is 1. The van der Waals surface area contributed by atoms with Crippen molar-refractivity contribution in [2.75, 3.05) is 7.11 Å². The smallest absolute Gasteiger partial charge is 0.243 e. The summed E-state index contributed by atoms with van der Waals surface area (Å²) < 4.78 is 11.1. The molecule has 2 amide bonds. The predicted molar refractivity (Wildman–Crippen MR) is 127 cm³/mol. The minimum absolute atomic E-state index is 0.159. The molecule has 3 aromatic carbocycles. The van der Waals surface area contributed by atoms with Gasteiger partial charge in [-0.15, -0.1) is 0 Å². The summed E-state index contributed by atoms with van der Waals surface area (Å²) in [4.78, 5) is 25.8. The molecule has 4 aromatic rings. The first kappa shape index (κ1) is 22.1. The first-order valence-electron chi connectivity index (χ1n) is 10.8. The Kier molecular flexibility index (Phi) is 7.05. The van der Waals surface area contributed by atoms with Gasteiger partial charge in [-0.25, -0.2) is 0 Å². The molecule has 1 atom stereocenters. The number of benzene rings is 3. The van der Waals surface area contributed by atoms with E-state index in [0.717, 1.165) is 27.8 Å². The molecule has 0 aliphatic heterocycles. The van der Waals surface area contributed by atoms with Crippen molar-refractivity contribution in [3.8, 4) is 5.75 Å². The molecule has 1 heterocycles. The Morgan fingerprint density at radius 3 is 2.36 bits per heavy atom. The number of furan rings is 1. The van der Waals surface area contributed by atoms with Gasteiger partial charge in [0.1, 0.15) is 23.1 Å². The molecule has 0 aliphatic carbocycles. The van der Waals surface area contributed by atoms with Gasteiger partial charge < -0.3 is 19.8 Å². The van der Waals surface area contributed by atoms with Crippen LogP contribution >= 0.6 is 0 Å². The second-order valence-corrected chi connectivity index (χ2v) is 7.80. The third-order valence-electron chi connectivity index (χ3n) is 5.37. The minimum Gasteiger partial charge on any atom is -0.497 e. The van der Waals surface area contributed by atoms with Crippen molar-refractivity contribution in [3.63, 3.8) is 0 Å². The number of fused-ring (bicyclic) bond motifs is 1. The molecule has 168 valence electrons. The molecule has 0 saturated heterocycles. The fourth-order valence-corrected chi connectivity index (χ4v) is 3.63. The third-order valence-corrected chi connectivity index (χ3v) is 5.37. The van der Waals surface area contributed by atoms with E-state index in [-0.39, 0.29) is 24.7 Å². The number of para-hydroxylation sites is 1. The molecule has 33 heavy (non-hydrogen) atoms. The van der Waals surface area contributed by atoms with E-state index in [1.165, 1.54) is 0 Å². The zero-order chi connectivity index (χ0) is 23.0. The van der Waals surface area contributed by atoms with E-state index < -0.39 is 6.04 Å². The third kappa shape index (κ3) is 6.01. The van der Waals surface area contributed by atoms with Crippen molar-refractivity contribution in [2.24, 2.45) is 0 Å². The zero-order valence-electron chi connectivity index (χ0n) is 18.4. The Morgan fingerprint density at radius 1 is 0.909 bits per heavy atom. The van der Waals surface area contributed by atoms with Crippen LogP contribution in [0.4, 0.5) is 0 Å². The zero-order valence-corrected chi connectivity index (χ0v) is 18.4. The molecule has 0 unspecified atom stereocenters. The summed E-state index contributed by atoms with van der Waals surface area (Å²) in [5.74, 6) is 0.863. The Labute approximate surface area is 192 Å². The first-order chi connectivity index (χ1) is 16.1. The largest absolute Gasteiger partial charge is 0.497 e. The predicted octanol–water partition coefficient (Wildman–Crippen LogP) is 4.03. The van der Waals surface area contributed by atoms with Gasteiger partial charge >= 0.3 is 0 Å². The van der Waals surface area contributed by atoms with Gasteiger partial charge in [-0.1, -0.05) is 60.7 Å². The number of carbonyl (C=O) groups is 2. The van der Waals surface area contributed by atoms with E-state index >= 15 is 0 Å². The Bertz CT molecular complexity index is 1180. The van der Waals surface area contributed by atoms with Crippen molar-refractivity contribution < 1.29 is 18.7 Å². The van der Waals surface area contributed by atoms with Crippen molar-refractivity contribution in [1.82, 2.24) is 10.6 Å². The molecule has 0 spiro atoms. The van der Waals surface area contributed by atoms with Gasteiger partial charge in [0.25, 0.3) is 0 Å². The molecular weight excluding hydrogens is 416 g/mol. The van der Waals surface area contributed by atoms with Crippen molar-refractivity contribution in [3.05, 3.63) is 102 Å². The van der Waals surface area contributed by atoms with Crippen molar-refractivity contribution >= 4 is 22.8 Å². The second kappa shape index (κ2) is 10.5. The highest BCUT2D eigenvalue weighted by atomic mass is 16.5. The van der Waals surface area contributed by atoms with E-state index in [1.54, 1.807) is 19.2 Å². The molecular formula is C27H26N2O4. The summed E-state index contributed by atoms with van der Waals surface area (Å²) in [5.41, 5.74) is 2.57. The van der Waals surface area contributed by atoms with Crippen molar-refractivity contribution in [2.45, 2.75) is 25.4 Å². The van der Waals surface area contributed by atoms with Crippen LogP contribution in [0.15, 0.2) is 89.3 Å². The summed E-state index contributed by atoms with van der Waals surface area (Å²) in [6.07, 6.45) is 0.413. The second-order valence-electron chi connectivity index (χ2n) is 7.80. The number of hydrogen-bond donors (Lipinski definition) is 2. The fraction of sp³-hybridized carbons (Fsp3) is 0.185. The molecule has 0 saturated carbocycles. The van der Waals surface area contributed by atoms with Crippen LogP contribution in [-0.4, -0.2) is 25.0 Å². The average Bonchev–Trinajstić information content (AvgIpc) is 3.25. The van der Waals surface area contributed by atoms with Crippen LogP contribution in [0.3, 0.4) is 0 Å². The maximum Gasteiger partial charge on any atom is 0.243 e. The lowest BCUT2D eigenvalue weighted by molar-refractivity contribution is -0.128. The highest BCUT2D eigenvalue weighted by molar-refractivity contribution is 5.88. The maximum atomic E-state index is 13.0. The standard InChI is InChI=1S/C27H26N2O4/c1-32-22-13-11-19(12-14-22)15-26(30)29-24(27(31)28-18-20-7-3-2-4-8-20)17-23-16-21-9-5-6-10-25(21)33-23/h2-14,16,24H,15,17-18H2,1H3,(H,28,31)(H,29,30)/t24-/m0/s1. The number of amides is 2. The van der Waals surface area contributed by atoms with Gasteiger partial charge in [0.15, 0.2) is 0 Å². The highest BCUT2D eigenvalue weighted by Gasteiger charge is 2.23. The van der Waals surface area contributed by atoms with Gasteiger partial charge in [-0.2, -0.15) is 0 Å². The van der Waals surface area contributed by atoms with Crippen LogP contribution in [0.2, 0.25) is 0 Å². The van der Waals surface area contributed by atoms with Crippen LogP contribution in [-0.2, 0) is 29.0 Å². The Hall–Kier alpha value is -4.06. The first-order valence-corrected chi connectivity index (χ1v) is 10.8. The summed E-state index contributed by atoms with van der Waals surface area (Å²) in [6, 6.07) is 25.7.